The summed E-state index contributed by atoms with van der Waals surface area (Å²) in [5, 5.41) is 15.2. The fourth-order valence-electron chi connectivity index (χ4n) is 1.05. The van der Waals surface area contributed by atoms with Crippen molar-refractivity contribution in [2.75, 3.05) is 5.43 Å². The molecule has 11 heteroatoms. The summed E-state index contributed by atoms with van der Waals surface area (Å²) in [5.74, 6) is -0.468. The third kappa shape index (κ3) is 4.05. The van der Waals surface area contributed by atoms with E-state index in [-0.39, 0.29) is 10.6 Å². The van der Waals surface area contributed by atoms with E-state index in [9.17, 15) is 13.2 Å². The summed E-state index contributed by atoms with van der Waals surface area (Å²) in [6, 6.07) is 3.05. The molecule has 0 unspecified atom stereocenters. The van der Waals surface area contributed by atoms with E-state index in [4.69, 9.17) is 45.3 Å². The van der Waals surface area contributed by atoms with Gasteiger partial charge in [0.25, 0.3) is 0 Å². The number of anilines is 1. The molecule has 21 heavy (non-hydrogen) atoms. The van der Waals surface area contributed by atoms with Crippen LogP contribution in [0.1, 0.15) is 5.69 Å². The lowest BCUT2D eigenvalue weighted by molar-refractivity contribution is -0.140. The summed E-state index contributed by atoms with van der Waals surface area (Å²) in [6.07, 6.45) is -3.92. The van der Waals surface area contributed by atoms with Gasteiger partial charge in [-0.3, -0.25) is 5.43 Å². The number of hydrogen-bond acceptors (Lipinski definition) is 5. The van der Waals surface area contributed by atoms with Gasteiger partial charge in [0.2, 0.25) is 0 Å². The SMILES string of the molecule is N#CC(C#N)=CNNc1nc(C(F)(F)F)c(Cl)c(Cl)c1Cl. The molecule has 0 aliphatic carbocycles. The molecule has 1 rings (SSSR count). The number of hydrogen-bond donors (Lipinski definition) is 2. The first-order valence-electron chi connectivity index (χ1n) is 4.86. The highest BCUT2D eigenvalue weighted by Crippen LogP contribution is 2.42. The molecule has 0 fully saturated rings. The van der Waals surface area contributed by atoms with Crippen LogP contribution in [0, 0.1) is 22.7 Å². The lowest BCUT2D eigenvalue weighted by Gasteiger charge is -2.14. The Morgan fingerprint density at radius 1 is 1.10 bits per heavy atom. The summed E-state index contributed by atoms with van der Waals surface area (Å²) in [6.45, 7) is 0. The molecule has 1 aromatic heterocycles. The predicted molar refractivity (Wildman–Crippen MR) is 70.3 cm³/mol. The maximum Gasteiger partial charge on any atom is 0.434 e. The van der Waals surface area contributed by atoms with E-state index in [1.54, 1.807) is 0 Å². The van der Waals surface area contributed by atoms with Crippen LogP contribution in [0.15, 0.2) is 11.8 Å². The molecule has 5 nitrogen and oxygen atoms in total. The Bertz CT molecular complexity index is 656. The van der Waals surface area contributed by atoms with Gasteiger partial charge in [0, 0.05) is 6.20 Å². The zero-order valence-electron chi connectivity index (χ0n) is 9.69. The predicted octanol–water partition coefficient (Wildman–Crippen LogP) is 3.91. The van der Waals surface area contributed by atoms with Crippen molar-refractivity contribution >= 4 is 40.6 Å². The Hall–Kier alpha value is -1.87. The average molecular weight is 357 g/mol. The Balaban J connectivity index is 3.16. The zero-order valence-corrected chi connectivity index (χ0v) is 12.0. The Morgan fingerprint density at radius 3 is 2.14 bits per heavy atom. The molecule has 2 N–H and O–H groups in total. The second-order valence-electron chi connectivity index (χ2n) is 3.30. The van der Waals surface area contributed by atoms with Crippen molar-refractivity contribution in [2.24, 2.45) is 0 Å². The second kappa shape index (κ2) is 6.72. The van der Waals surface area contributed by atoms with E-state index >= 15 is 0 Å². The monoisotopic (exact) mass is 355 g/mol. The fourth-order valence-corrected chi connectivity index (χ4v) is 1.71. The van der Waals surface area contributed by atoms with Crippen LogP contribution in [-0.4, -0.2) is 4.98 Å². The number of allylic oxidation sites excluding steroid dienone is 1. The number of hydrazine groups is 1. The zero-order chi connectivity index (χ0) is 16.2. The third-order valence-corrected chi connectivity index (χ3v) is 3.25. The number of nitriles is 2. The van der Waals surface area contributed by atoms with E-state index < -0.39 is 27.7 Å². The first kappa shape index (κ1) is 17.2. The third-order valence-electron chi connectivity index (χ3n) is 1.94. The van der Waals surface area contributed by atoms with Crippen LogP contribution in [0.3, 0.4) is 0 Å². The molecule has 1 heterocycles. The van der Waals surface area contributed by atoms with Gasteiger partial charge in [-0.1, -0.05) is 34.8 Å². The first-order valence-corrected chi connectivity index (χ1v) is 5.99. The van der Waals surface area contributed by atoms with E-state index in [1.165, 1.54) is 12.1 Å². The van der Waals surface area contributed by atoms with Crippen molar-refractivity contribution in [3.05, 3.63) is 32.5 Å². The van der Waals surface area contributed by atoms with Gasteiger partial charge in [-0.05, 0) is 0 Å². The van der Waals surface area contributed by atoms with Gasteiger partial charge in [-0.2, -0.15) is 23.7 Å². The Kier molecular flexibility index (Phi) is 5.50. The van der Waals surface area contributed by atoms with Crippen molar-refractivity contribution in [1.29, 1.82) is 10.5 Å². The number of nitrogens with one attached hydrogen (secondary N) is 2. The van der Waals surface area contributed by atoms with Gasteiger partial charge in [0.15, 0.2) is 11.5 Å². The van der Waals surface area contributed by atoms with Crippen LogP contribution in [0.25, 0.3) is 0 Å². The average Bonchev–Trinajstić information content (AvgIpc) is 2.42. The molecule has 0 aliphatic heterocycles. The van der Waals surface area contributed by atoms with Crippen LogP contribution >= 0.6 is 34.8 Å². The maximum atomic E-state index is 12.7. The molecule has 0 aromatic carbocycles. The van der Waals surface area contributed by atoms with E-state index in [0.29, 0.717) is 0 Å². The Labute approximate surface area is 131 Å². The van der Waals surface area contributed by atoms with Crippen molar-refractivity contribution in [2.45, 2.75) is 6.18 Å². The van der Waals surface area contributed by atoms with Gasteiger partial charge in [0.1, 0.15) is 22.7 Å². The van der Waals surface area contributed by atoms with Gasteiger partial charge >= 0.3 is 6.18 Å². The summed E-state index contributed by atoms with van der Waals surface area (Å²) < 4.78 is 38.1. The van der Waals surface area contributed by atoms with Crippen LogP contribution in [0.4, 0.5) is 19.0 Å². The normalized spacial score (nSPS) is 10.3. The van der Waals surface area contributed by atoms with Crippen molar-refractivity contribution in [1.82, 2.24) is 10.4 Å². The Morgan fingerprint density at radius 2 is 1.67 bits per heavy atom. The molecule has 0 amide bonds. The highest BCUT2D eigenvalue weighted by Gasteiger charge is 2.37. The van der Waals surface area contributed by atoms with Gasteiger partial charge in [0.05, 0.1) is 10.0 Å². The van der Waals surface area contributed by atoms with E-state index in [2.05, 4.69) is 15.8 Å². The molecule has 0 radical (unpaired) electrons. The highest BCUT2D eigenvalue weighted by molar-refractivity contribution is 6.49. The topological polar surface area (TPSA) is 84.5 Å². The minimum absolute atomic E-state index is 0.324. The van der Waals surface area contributed by atoms with Gasteiger partial charge in [-0.25, -0.2) is 4.98 Å². The largest absolute Gasteiger partial charge is 0.434 e. The summed E-state index contributed by atoms with van der Waals surface area (Å²) in [5.41, 5.74) is 2.63. The number of aromatic nitrogens is 1. The first-order chi connectivity index (χ1) is 9.72. The maximum absolute atomic E-state index is 12.7. The minimum atomic E-state index is -4.83. The highest BCUT2D eigenvalue weighted by atomic mass is 35.5. The molecular formula is C10H3Cl3F3N5. The summed E-state index contributed by atoms with van der Waals surface area (Å²) in [7, 11) is 0. The molecular weight excluding hydrogens is 353 g/mol. The molecule has 1 aromatic rings. The smallest absolute Gasteiger partial charge is 0.305 e. The number of pyridine rings is 1. The second-order valence-corrected chi connectivity index (χ2v) is 4.43. The standard InChI is InChI=1S/C10H3Cl3F3N5/c11-5-6(12)8(10(14,15)16)20-9(7(5)13)21-19-3-4(1-17)2-18/h3,19H,(H,20,21). The summed E-state index contributed by atoms with van der Waals surface area (Å²) in [4.78, 5) is 3.21. The summed E-state index contributed by atoms with van der Waals surface area (Å²) >= 11 is 16.7. The van der Waals surface area contributed by atoms with Crippen molar-refractivity contribution in [3.63, 3.8) is 0 Å². The van der Waals surface area contributed by atoms with Gasteiger partial charge in [-0.15, -0.1) is 0 Å². The molecule has 0 atom stereocenters. The number of alkyl halides is 3. The molecule has 0 spiro atoms. The number of halogens is 6. The van der Waals surface area contributed by atoms with Crippen LogP contribution in [-0.2, 0) is 6.18 Å². The van der Waals surface area contributed by atoms with Gasteiger partial charge < -0.3 is 5.43 Å². The molecule has 110 valence electrons. The van der Waals surface area contributed by atoms with Crippen molar-refractivity contribution < 1.29 is 13.2 Å². The minimum Gasteiger partial charge on any atom is -0.305 e. The van der Waals surface area contributed by atoms with E-state index in [0.717, 1.165) is 6.20 Å². The fraction of sp³-hybridized carbons (Fsp3) is 0.100. The molecule has 0 saturated heterocycles. The van der Waals surface area contributed by atoms with Crippen LogP contribution in [0.2, 0.25) is 15.1 Å². The number of nitrogens with zero attached hydrogens (tertiary/aromatic N) is 3. The quantitative estimate of drug-likeness (QED) is 0.633. The molecule has 0 bridgehead atoms. The van der Waals surface area contributed by atoms with Crippen LogP contribution in [0.5, 0.6) is 0 Å². The lowest BCUT2D eigenvalue weighted by atomic mass is 10.3. The van der Waals surface area contributed by atoms with Crippen molar-refractivity contribution in [3.8, 4) is 12.1 Å². The molecule has 0 saturated carbocycles. The molecule has 0 aliphatic rings. The lowest BCUT2D eigenvalue weighted by Crippen LogP contribution is -2.19. The number of rotatable bonds is 3. The van der Waals surface area contributed by atoms with E-state index in [1.807, 2.05) is 0 Å². The van der Waals surface area contributed by atoms with Crippen LogP contribution < -0.4 is 10.9 Å².